The van der Waals surface area contributed by atoms with Crippen molar-refractivity contribution in [2.24, 2.45) is 9.50 Å². The number of anilines is 1. The molecule has 0 radical (unpaired) electrons. The quantitative estimate of drug-likeness (QED) is 0.392. The van der Waals surface area contributed by atoms with E-state index in [0.717, 1.165) is 44.2 Å². The van der Waals surface area contributed by atoms with Crippen molar-refractivity contribution in [3.63, 3.8) is 0 Å². The van der Waals surface area contributed by atoms with E-state index >= 15 is 0 Å². The number of hydrogen-bond acceptors (Lipinski definition) is 8. The lowest BCUT2D eigenvalue weighted by Crippen LogP contribution is -2.31. The first kappa shape index (κ1) is 20.3. The van der Waals surface area contributed by atoms with E-state index in [1.54, 1.807) is 35.7 Å². The van der Waals surface area contributed by atoms with Gasteiger partial charge in [0.05, 0.1) is 15.9 Å². The standard InChI is InChI=1S/C21H22N4O4S2/c26-18-17(20-22-14-9-5-6-10-16(14)31(28,29)24-20)21(27)25(15-11-12-30-19(15)18)23-13-7-3-1-2-4-8-13/h5-6,9-12,26,28-29H,1-4,7-8H2,(H,22,24). The number of aromatic nitrogens is 1. The SMILES string of the molecule is O=c1c(C2=NS(O)(O)c3ccccc3N2)c(O)c2sccc2n1N=C1CCCCCC1. The molecule has 0 bridgehead atoms. The highest BCUT2D eigenvalue weighted by Crippen LogP contribution is 2.55. The Morgan fingerprint density at radius 3 is 2.61 bits per heavy atom. The van der Waals surface area contributed by atoms with Gasteiger partial charge in [0.25, 0.3) is 5.56 Å². The molecule has 162 valence electrons. The Hall–Kier alpha value is -2.66. The zero-order chi connectivity index (χ0) is 21.6. The molecule has 4 N–H and O–H groups in total. The van der Waals surface area contributed by atoms with E-state index in [1.165, 1.54) is 16.0 Å². The maximum absolute atomic E-state index is 13.5. The van der Waals surface area contributed by atoms with Crippen molar-refractivity contribution in [3.05, 3.63) is 51.6 Å². The minimum Gasteiger partial charge on any atom is -0.505 e. The number of hydrogen-bond donors (Lipinski definition) is 4. The highest BCUT2D eigenvalue weighted by molar-refractivity contribution is 8.23. The van der Waals surface area contributed by atoms with E-state index in [4.69, 9.17) is 0 Å². The summed E-state index contributed by atoms with van der Waals surface area (Å²) >= 11 is 1.29. The van der Waals surface area contributed by atoms with Gasteiger partial charge in [-0.3, -0.25) is 13.9 Å². The molecule has 1 aromatic carbocycles. The smallest absolute Gasteiger partial charge is 0.286 e. The number of amidine groups is 1. The van der Waals surface area contributed by atoms with Gasteiger partial charge in [-0.1, -0.05) is 35.8 Å². The van der Waals surface area contributed by atoms with Crippen LogP contribution in [-0.2, 0) is 0 Å². The maximum Gasteiger partial charge on any atom is 0.286 e. The number of para-hydroxylation sites is 1. The molecule has 1 aliphatic heterocycles. The molecule has 10 heteroatoms. The van der Waals surface area contributed by atoms with E-state index in [1.807, 2.05) is 0 Å². The van der Waals surface area contributed by atoms with E-state index in [-0.39, 0.29) is 22.0 Å². The lowest BCUT2D eigenvalue weighted by atomic mass is 10.2. The van der Waals surface area contributed by atoms with Crippen LogP contribution < -0.4 is 10.9 Å². The van der Waals surface area contributed by atoms with Crippen molar-refractivity contribution < 1.29 is 14.2 Å². The van der Waals surface area contributed by atoms with Crippen molar-refractivity contribution in [1.29, 1.82) is 0 Å². The number of benzene rings is 1. The molecule has 0 saturated heterocycles. The van der Waals surface area contributed by atoms with Crippen LogP contribution in [0.25, 0.3) is 10.2 Å². The van der Waals surface area contributed by atoms with E-state index < -0.39 is 16.3 Å². The summed E-state index contributed by atoms with van der Waals surface area (Å²) in [7, 11) is -3.52. The number of thiophene rings is 1. The van der Waals surface area contributed by atoms with Gasteiger partial charge < -0.3 is 10.4 Å². The molecule has 0 atom stereocenters. The third kappa shape index (κ3) is 3.55. The number of nitrogens with one attached hydrogen (secondary N) is 1. The van der Waals surface area contributed by atoms with Gasteiger partial charge in [-0.25, -0.2) is 0 Å². The summed E-state index contributed by atoms with van der Waals surface area (Å²) in [5, 5.41) is 20.4. The summed E-state index contributed by atoms with van der Waals surface area (Å²) in [4.78, 5) is 13.8. The summed E-state index contributed by atoms with van der Waals surface area (Å²) < 4.78 is 27.0. The second-order valence-corrected chi connectivity index (χ2v) is 10.2. The fourth-order valence-corrected chi connectivity index (χ4v) is 6.00. The molecule has 5 rings (SSSR count). The first-order valence-corrected chi connectivity index (χ1v) is 12.5. The molecule has 0 spiro atoms. The molecule has 31 heavy (non-hydrogen) atoms. The predicted molar refractivity (Wildman–Crippen MR) is 126 cm³/mol. The topological polar surface area (TPSA) is 119 Å². The van der Waals surface area contributed by atoms with Gasteiger partial charge in [0, 0.05) is 5.71 Å². The van der Waals surface area contributed by atoms with E-state index in [2.05, 4.69) is 14.8 Å². The zero-order valence-electron chi connectivity index (χ0n) is 16.6. The van der Waals surface area contributed by atoms with Crippen molar-refractivity contribution in [1.82, 2.24) is 4.68 Å². The van der Waals surface area contributed by atoms with E-state index in [9.17, 15) is 19.0 Å². The largest absolute Gasteiger partial charge is 0.505 e. The van der Waals surface area contributed by atoms with Crippen LogP contribution in [0.1, 0.15) is 44.1 Å². The van der Waals surface area contributed by atoms with Gasteiger partial charge in [0.2, 0.25) is 0 Å². The number of fused-ring (bicyclic) bond motifs is 2. The molecule has 1 fully saturated rings. The van der Waals surface area contributed by atoms with Crippen LogP contribution >= 0.6 is 22.1 Å². The van der Waals surface area contributed by atoms with Gasteiger partial charge >= 0.3 is 0 Å². The highest BCUT2D eigenvalue weighted by atomic mass is 32.3. The molecular weight excluding hydrogens is 436 g/mol. The molecular formula is C21H22N4O4S2. The van der Waals surface area contributed by atoms with Crippen LogP contribution in [0.5, 0.6) is 5.75 Å². The predicted octanol–water partition coefficient (Wildman–Crippen LogP) is 5.22. The van der Waals surface area contributed by atoms with Crippen LogP contribution in [0.4, 0.5) is 5.69 Å². The lowest BCUT2D eigenvalue weighted by molar-refractivity contribution is 0.478. The first-order valence-electron chi connectivity index (χ1n) is 10.1. The molecule has 1 saturated carbocycles. The van der Waals surface area contributed by atoms with Crippen molar-refractivity contribution >= 4 is 49.6 Å². The average molecular weight is 459 g/mol. The van der Waals surface area contributed by atoms with Gasteiger partial charge in [0.15, 0.2) is 11.6 Å². The molecule has 2 aliphatic rings. The fraction of sp³-hybridized carbons (Fsp3) is 0.286. The normalized spacial score (nSPS) is 19.2. The van der Waals surface area contributed by atoms with Crippen molar-refractivity contribution in [2.75, 3.05) is 5.32 Å². The maximum atomic E-state index is 13.5. The van der Waals surface area contributed by atoms with Crippen LogP contribution in [0.3, 0.4) is 0 Å². The minimum absolute atomic E-state index is 0.0775. The third-order valence-corrected chi connectivity index (χ3v) is 7.84. The lowest BCUT2D eigenvalue weighted by Gasteiger charge is -2.34. The number of rotatable bonds is 2. The Kier molecular flexibility index (Phi) is 5.09. The first-order chi connectivity index (χ1) is 15.0. The number of pyridine rings is 1. The zero-order valence-corrected chi connectivity index (χ0v) is 18.2. The number of aromatic hydroxyl groups is 1. The van der Waals surface area contributed by atoms with Gasteiger partial charge in [-0.05, 0) is 49.3 Å². The number of nitrogens with zero attached hydrogens (tertiary/aromatic N) is 3. The van der Waals surface area contributed by atoms with E-state index in [0.29, 0.717) is 15.9 Å². The van der Waals surface area contributed by atoms with Crippen LogP contribution in [0, 0.1) is 0 Å². The minimum atomic E-state index is -3.52. The second-order valence-electron chi connectivity index (χ2n) is 7.64. The monoisotopic (exact) mass is 458 g/mol. The average Bonchev–Trinajstić information content (AvgIpc) is 3.09. The Bertz CT molecular complexity index is 1280. The summed E-state index contributed by atoms with van der Waals surface area (Å²) in [6.07, 6.45) is 6.05. The Labute approximate surface area is 184 Å². The van der Waals surface area contributed by atoms with Crippen molar-refractivity contribution in [2.45, 2.75) is 43.4 Å². The Morgan fingerprint density at radius 2 is 1.84 bits per heavy atom. The van der Waals surface area contributed by atoms with Crippen LogP contribution in [0.2, 0.25) is 0 Å². The molecule has 1 aliphatic carbocycles. The van der Waals surface area contributed by atoms with Gasteiger partial charge in [-0.15, -0.1) is 15.7 Å². The van der Waals surface area contributed by atoms with Crippen molar-refractivity contribution in [3.8, 4) is 5.75 Å². The molecule has 3 aromatic rings. The second kappa shape index (κ2) is 7.79. The molecule has 0 amide bonds. The summed E-state index contributed by atoms with van der Waals surface area (Å²) in [6, 6.07) is 8.41. The molecule has 8 nitrogen and oxygen atoms in total. The summed E-state index contributed by atoms with van der Waals surface area (Å²) in [5.41, 5.74) is 1.23. The van der Waals surface area contributed by atoms with Crippen LogP contribution in [0.15, 0.2) is 54.9 Å². The van der Waals surface area contributed by atoms with Crippen LogP contribution in [-0.4, -0.2) is 30.4 Å². The summed E-state index contributed by atoms with van der Waals surface area (Å²) in [5.74, 6) is -0.320. The summed E-state index contributed by atoms with van der Waals surface area (Å²) in [6.45, 7) is 0. The molecule has 2 aromatic heterocycles. The molecule has 0 unspecified atom stereocenters. The highest BCUT2D eigenvalue weighted by Gasteiger charge is 2.30. The van der Waals surface area contributed by atoms with Gasteiger partial charge in [-0.2, -0.15) is 9.78 Å². The third-order valence-electron chi connectivity index (χ3n) is 5.54. The van der Waals surface area contributed by atoms with Gasteiger partial charge in [0.1, 0.15) is 10.5 Å². The fourth-order valence-electron chi connectivity index (χ4n) is 4.01. The Morgan fingerprint density at radius 1 is 1.10 bits per heavy atom. The Balaban J connectivity index is 1.71. The molecule has 3 heterocycles.